The number of carbonyl (C=O) groups is 1. The number of non-ortho nitro benzene ring substituents is 1. The molecule has 2 aromatic carbocycles. The van der Waals surface area contributed by atoms with Crippen molar-refractivity contribution in [3.05, 3.63) is 73.3 Å². The number of halogens is 1. The second-order valence-electron chi connectivity index (χ2n) is 4.06. The normalized spacial score (nSPS) is 10.5. The van der Waals surface area contributed by atoms with E-state index >= 15 is 0 Å². The Morgan fingerprint density at radius 1 is 1.24 bits per heavy atom. The summed E-state index contributed by atoms with van der Waals surface area (Å²) in [6.45, 7) is 0. The highest BCUT2D eigenvalue weighted by Crippen LogP contribution is 2.12. The first-order valence-corrected chi connectivity index (χ1v) is 6.97. The Hall–Kier alpha value is -2.29. The Kier molecular flexibility index (Phi) is 4.99. The molecule has 1 amide bonds. The molecule has 106 valence electrons. The van der Waals surface area contributed by atoms with Crippen LogP contribution in [0.15, 0.2) is 53.6 Å². The van der Waals surface area contributed by atoms with Gasteiger partial charge in [-0.05, 0) is 46.4 Å². The minimum atomic E-state index is -0.550. The Labute approximate surface area is 134 Å². The molecule has 0 spiro atoms. The third kappa shape index (κ3) is 4.35. The second-order valence-corrected chi connectivity index (χ2v) is 5.30. The van der Waals surface area contributed by atoms with Crippen molar-refractivity contribution in [3.63, 3.8) is 0 Å². The highest BCUT2D eigenvalue weighted by Gasteiger charge is 2.10. The van der Waals surface area contributed by atoms with E-state index in [0.29, 0.717) is 0 Å². The molecule has 0 unspecified atom stereocenters. The van der Waals surface area contributed by atoms with E-state index in [1.165, 1.54) is 30.5 Å². The van der Waals surface area contributed by atoms with Crippen LogP contribution in [0.3, 0.4) is 0 Å². The first-order chi connectivity index (χ1) is 10.1. The van der Waals surface area contributed by atoms with Crippen molar-refractivity contribution >= 4 is 40.4 Å². The van der Waals surface area contributed by atoms with E-state index < -0.39 is 10.8 Å². The second kappa shape index (κ2) is 6.93. The van der Waals surface area contributed by atoms with Crippen LogP contribution < -0.4 is 5.43 Å². The summed E-state index contributed by atoms with van der Waals surface area (Å²) in [7, 11) is 0. The molecule has 0 saturated carbocycles. The monoisotopic (exact) mass is 395 g/mol. The van der Waals surface area contributed by atoms with Crippen LogP contribution in [0.2, 0.25) is 0 Å². The van der Waals surface area contributed by atoms with E-state index in [1.807, 2.05) is 24.3 Å². The summed E-state index contributed by atoms with van der Waals surface area (Å²) < 4.78 is 1.10. The summed E-state index contributed by atoms with van der Waals surface area (Å²) in [4.78, 5) is 21.9. The van der Waals surface area contributed by atoms with Crippen LogP contribution in [0, 0.1) is 13.7 Å². The highest BCUT2D eigenvalue weighted by atomic mass is 127. The summed E-state index contributed by atoms with van der Waals surface area (Å²) in [5.74, 6) is -0.500. The van der Waals surface area contributed by atoms with Gasteiger partial charge in [0.2, 0.25) is 0 Å². The van der Waals surface area contributed by atoms with Crippen molar-refractivity contribution in [1.29, 1.82) is 0 Å². The maximum Gasteiger partial charge on any atom is 0.271 e. The molecule has 0 heterocycles. The van der Waals surface area contributed by atoms with Gasteiger partial charge in [-0.1, -0.05) is 18.2 Å². The fourth-order valence-electron chi connectivity index (χ4n) is 1.54. The number of carbonyl (C=O) groups excluding carboxylic acids is 1. The van der Waals surface area contributed by atoms with Crippen molar-refractivity contribution in [2.45, 2.75) is 0 Å². The van der Waals surface area contributed by atoms with E-state index in [-0.39, 0.29) is 11.3 Å². The van der Waals surface area contributed by atoms with Crippen LogP contribution in [0.5, 0.6) is 0 Å². The number of nitro benzene ring substituents is 1. The number of hydrazone groups is 1. The van der Waals surface area contributed by atoms with Crippen LogP contribution >= 0.6 is 22.6 Å². The van der Waals surface area contributed by atoms with E-state index in [9.17, 15) is 14.9 Å². The van der Waals surface area contributed by atoms with Gasteiger partial charge in [-0.2, -0.15) is 5.10 Å². The number of amides is 1. The van der Waals surface area contributed by atoms with Gasteiger partial charge in [0.05, 0.1) is 11.1 Å². The molecule has 0 aliphatic rings. The van der Waals surface area contributed by atoms with Gasteiger partial charge in [-0.3, -0.25) is 14.9 Å². The Morgan fingerprint density at radius 3 is 2.62 bits per heavy atom. The van der Waals surface area contributed by atoms with E-state index in [1.54, 1.807) is 0 Å². The van der Waals surface area contributed by atoms with Crippen LogP contribution in [0.1, 0.15) is 15.9 Å². The minimum Gasteiger partial charge on any atom is -0.267 e. The summed E-state index contributed by atoms with van der Waals surface area (Å²) in [5.41, 5.74) is 3.23. The number of nitrogens with zero attached hydrogens (tertiary/aromatic N) is 2. The highest BCUT2D eigenvalue weighted by molar-refractivity contribution is 14.1. The van der Waals surface area contributed by atoms with E-state index in [0.717, 1.165) is 9.13 Å². The molecule has 21 heavy (non-hydrogen) atoms. The molecule has 0 aromatic heterocycles. The number of hydrogen-bond donors (Lipinski definition) is 1. The third-order valence-corrected chi connectivity index (χ3v) is 3.29. The fourth-order valence-corrected chi connectivity index (χ4v) is 1.90. The summed E-state index contributed by atoms with van der Waals surface area (Å²) in [5, 5.41) is 14.5. The molecular weight excluding hydrogens is 385 g/mol. The summed E-state index contributed by atoms with van der Waals surface area (Å²) >= 11 is 2.19. The first kappa shape index (κ1) is 15.1. The number of nitrogens with one attached hydrogen (secondary N) is 1. The van der Waals surface area contributed by atoms with Crippen molar-refractivity contribution in [1.82, 2.24) is 5.43 Å². The molecular formula is C14H10IN3O3. The van der Waals surface area contributed by atoms with Crippen LogP contribution in [0.25, 0.3) is 0 Å². The largest absolute Gasteiger partial charge is 0.271 e. The predicted molar refractivity (Wildman–Crippen MR) is 87.3 cm³/mol. The molecule has 2 rings (SSSR count). The standard InChI is InChI=1S/C14H10IN3O3/c15-12-6-4-10(5-7-12)9-16-17-14(19)11-2-1-3-13(8-11)18(20)21/h1-9H,(H,17,19)/b16-9-. The van der Waals surface area contributed by atoms with Crippen molar-refractivity contribution < 1.29 is 9.72 Å². The maximum atomic E-state index is 11.8. The first-order valence-electron chi connectivity index (χ1n) is 5.90. The average Bonchev–Trinajstić information content (AvgIpc) is 2.49. The molecule has 0 aliphatic heterocycles. The number of rotatable bonds is 4. The lowest BCUT2D eigenvalue weighted by molar-refractivity contribution is -0.384. The van der Waals surface area contributed by atoms with Gasteiger partial charge >= 0.3 is 0 Å². The van der Waals surface area contributed by atoms with Crippen LogP contribution in [-0.2, 0) is 0 Å². The van der Waals surface area contributed by atoms with Gasteiger partial charge in [0.1, 0.15) is 0 Å². The minimum absolute atomic E-state index is 0.135. The molecule has 0 atom stereocenters. The van der Waals surface area contributed by atoms with E-state index in [2.05, 4.69) is 33.1 Å². The SMILES string of the molecule is O=C(N/N=C\c1ccc(I)cc1)c1cccc([N+](=O)[O-])c1. The molecule has 0 radical (unpaired) electrons. The molecule has 0 fully saturated rings. The topological polar surface area (TPSA) is 84.6 Å². The molecule has 0 saturated heterocycles. The van der Waals surface area contributed by atoms with Crippen molar-refractivity contribution in [2.75, 3.05) is 0 Å². The Morgan fingerprint density at radius 2 is 1.95 bits per heavy atom. The van der Waals surface area contributed by atoms with E-state index in [4.69, 9.17) is 0 Å². The smallest absolute Gasteiger partial charge is 0.267 e. The van der Waals surface area contributed by atoms with Crippen LogP contribution in [0.4, 0.5) is 5.69 Å². The fraction of sp³-hybridized carbons (Fsp3) is 0. The molecule has 0 bridgehead atoms. The zero-order valence-electron chi connectivity index (χ0n) is 10.7. The lowest BCUT2D eigenvalue weighted by Gasteiger charge is -1.99. The molecule has 0 aliphatic carbocycles. The van der Waals surface area contributed by atoms with Gasteiger partial charge in [-0.25, -0.2) is 5.43 Å². The Balaban J connectivity index is 2.03. The average molecular weight is 395 g/mol. The molecule has 6 nitrogen and oxygen atoms in total. The quantitative estimate of drug-likeness (QED) is 0.374. The lowest BCUT2D eigenvalue weighted by Crippen LogP contribution is -2.17. The molecule has 7 heteroatoms. The van der Waals surface area contributed by atoms with Crippen LogP contribution in [-0.4, -0.2) is 17.0 Å². The number of hydrogen-bond acceptors (Lipinski definition) is 4. The molecule has 1 N–H and O–H groups in total. The summed E-state index contributed by atoms with van der Waals surface area (Å²) in [6.07, 6.45) is 1.51. The third-order valence-electron chi connectivity index (χ3n) is 2.57. The predicted octanol–water partition coefficient (Wildman–Crippen LogP) is 2.96. The number of nitro groups is 1. The van der Waals surface area contributed by atoms with Gasteiger partial charge in [0, 0.05) is 21.3 Å². The Bertz CT molecular complexity index is 699. The lowest BCUT2D eigenvalue weighted by atomic mass is 10.2. The van der Waals surface area contributed by atoms with Gasteiger partial charge in [0.15, 0.2) is 0 Å². The van der Waals surface area contributed by atoms with Crippen molar-refractivity contribution in [2.24, 2.45) is 5.10 Å². The number of benzene rings is 2. The zero-order valence-corrected chi connectivity index (χ0v) is 12.9. The summed E-state index contributed by atoms with van der Waals surface area (Å²) in [6, 6.07) is 13.0. The molecule has 2 aromatic rings. The zero-order chi connectivity index (χ0) is 15.2. The maximum absolute atomic E-state index is 11.8. The van der Waals surface area contributed by atoms with Gasteiger partial charge in [0.25, 0.3) is 11.6 Å². The van der Waals surface area contributed by atoms with Crippen molar-refractivity contribution in [3.8, 4) is 0 Å². The van der Waals surface area contributed by atoms with Gasteiger partial charge < -0.3 is 0 Å². The van der Waals surface area contributed by atoms with Gasteiger partial charge in [-0.15, -0.1) is 0 Å².